The Bertz CT molecular complexity index is 480. The number of rotatable bonds is 3. The number of nitrogens with two attached hydrogens (primary N) is 1. The first kappa shape index (κ1) is 10.5. The van der Waals surface area contributed by atoms with Gasteiger partial charge in [0.15, 0.2) is 0 Å². The molecule has 0 saturated carbocycles. The second-order valence-corrected chi connectivity index (χ2v) is 4.03. The highest BCUT2D eigenvalue weighted by molar-refractivity contribution is 5.51. The van der Waals surface area contributed by atoms with Crippen molar-refractivity contribution in [2.75, 3.05) is 6.54 Å². The van der Waals surface area contributed by atoms with Crippen LogP contribution < -0.4 is 5.73 Å². The fraction of sp³-hybridized carbons (Fsp3) is 0.455. The summed E-state index contributed by atoms with van der Waals surface area (Å²) in [5.41, 5.74) is 6.35. The van der Waals surface area contributed by atoms with Crippen LogP contribution in [-0.2, 0) is 4.74 Å². The van der Waals surface area contributed by atoms with Gasteiger partial charge in [-0.25, -0.2) is 0 Å². The summed E-state index contributed by atoms with van der Waals surface area (Å²) in [6, 6.07) is 1.78. The van der Waals surface area contributed by atoms with Crippen LogP contribution in [0.4, 0.5) is 0 Å². The van der Waals surface area contributed by atoms with Crippen molar-refractivity contribution in [3.8, 4) is 11.4 Å². The Morgan fingerprint density at radius 1 is 1.41 bits per heavy atom. The van der Waals surface area contributed by atoms with Gasteiger partial charge in [0.25, 0.3) is 5.89 Å². The summed E-state index contributed by atoms with van der Waals surface area (Å²) in [5, 5.41) is 3.90. The molecule has 2 aromatic rings. The molecule has 0 spiro atoms. The van der Waals surface area contributed by atoms with Crippen LogP contribution in [0.5, 0.6) is 0 Å². The Hall–Kier alpha value is -1.66. The van der Waals surface area contributed by atoms with E-state index in [1.165, 1.54) is 0 Å². The highest BCUT2D eigenvalue weighted by Crippen LogP contribution is 2.32. The van der Waals surface area contributed by atoms with Gasteiger partial charge in [0.1, 0.15) is 12.4 Å². The third-order valence-electron chi connectivity index (χ3n) is 2.87. The maximum atomic E-state index is 5.68. The van der Waals surface area contributed by atoms with Crippen molar-refractivity contribution in [2.24, 2.45) is 5.73 Å². The summed E-state index contributed by atoms with van der Waals surface area (Å²) in [6.07, 6.45) is 4.93. The lowest BCUT2D eigenvalue weighted by Crippen LogP contribution is -2.18. The Kier molecular flexibility index (Phi) is 2.66. The zero-order valence-electron chi connectivity index (χ0n) is 9.20. The Morgan fingerprint density at radius 3 is 3.06 bits per heavy atom. The minimum atomic E-state index is -0.128. The van der Waals surface area contributed by atoms with Gasteiger partial charge >= 0.3 is 0 Å². The van der Waals surface area contributed by atoms with Crippen molar-refractivity contribution < 1.29 is 13.7 Å². The van der Waals surface area contributed by atoms with E-state index in [1.807, 2.05) is 0 Å². The molecule has 1 aliphatic heterocycles. The first-order valence-corrected chi connectivity index (χ1v) is 5.58. The molecule has 2 N–H and O–H groups in total. The molecule has 1 aliphatic rings. The van der Waals surface area contributed by atoms with Crippen molar-refractivity contribution in [3.63, 3.8) is 0 Å². The normalized spacial score (nSPS) is 24.3. The van der Waals surface area contributed by atoms with E-state index in [-0.39, 0.29) is 12.2 Å². The molecule has 3 heterocycles. The highest BCUT2D eigenvalue weighted by atomic mass is 16.5. The van der Waals surface area contributed by atoms with E-state index < -0.39 is 0 Å². The summed E-state index contributed by atoms with van der Waals surface area (Å²) in [7, 11) is 0. The van der Waals surface area contributed by atoms with Crippen LogP contribution in [0.3, 0.4) is 0 Å². The van der Waals surface area contributed by atoms with E-state index in [2.05, 4.69) is 10.1 Å². The molecule has 1 fully saturated rings. The molecule has 2 aromatic heterocycles. The van der Waals surface area contributed by atoms with E-state index in [0.29, 0.717) is 18.3 Å². The van der Waals surface area contributed by atoms with E-state index in [0.717, 1.165) is 18.4 Å². The van der Waals surface area contributed by atoms with E-state index >= 15 is 0 Å². The Balaban J connectivity index is 1.77. The average molecular weight is 235 g/mol. The maximum absolute atomic E-state index is 5.68. The van der Waals surface area contributed by atoms with Gasteiger partial charge in [0.05, 0.1) is 17.9 Å². The lowest BCUT2D eigenvalue weighted by atomic mass is 10.2. The van der Waals surface area contributed by atoms with Gasteiger partial charge in [-0.2, -0.15) is 4.98 Å². The van der Waals surface area contributed by atoms with Crippen molar-refractivity contribution in [3.05, 3.63) is 24.5 Å². The third kappa shape index (κ3) is 1.96. The van der Waals surface area contributed by atoms with Crippen LogP contribution in [-0.4, -0.2) is 22.8 Å². The summed E-state index contributed by atoms with van der Waals surface area (Å²) < 4.78 is 15.8. The van der Waals surface area contributed by atoms with Crippen LogP contribution in [0.2, 0.25) is 0 Å². The number of furan rings is 1. The number of aromatic nitrogens is 2. The first-order chi connectivity index (χ1) is 8.36. The van der Waals surface area contributed by atoms with Crippen LogP contribution in [0, 0.1) is 0 Å². The van der Waals surface area contributed by atoms with Crippen LogP contribution in [0.1, 0.15) is 24.8 Å². The van der Waals surface area contributed by atoms with Crippen molar-refractivity contribution in [1.82, 2.24) is 10.1 Å². The average Bonchev–Trinajstić information content (AvgIpc) is 3.09. The molecule has 1 saturated heterocycles. The highest BCUT2D eigenvalue weighted by Gasteiger charge is 2.30. The van der Waals surface area contributed by atoms with Crippen LogP contribution in [0.15, 0.2) is 27.5 Å². The molecule has 6 nitrogen and oxygen atoms in total. The molecule has 0 aliphatic carbocycles. The summed E-state index contributed by atoms with van der Waals surface area (Å²) in [4.78, 5) is 4.30. The fourth-order valence-electron chi connectivity index (χ4n) is 1.94. The Morgan fingerprint density at radius 2 is 2.35 bits per heavy atom. The number of hydrogen-bond donors (Lipinski definition) is 1. The second kappa shape index (κ2) is 4.31. The summed E-state index contributed by atoms with van der Waals surface area (Å²) in [5.74, 6) is 1.03. The number of ether oxygens (including phenoxy) is 1. The summed E-state index contributed by atoms with van der Waals surface area (Å²) >= 11 is 0. The van der Waals surface area contributed by atoms with E-state index in [4.69, 9.17) is 19.4 Å². The standard InChI is InChI=1S/C11H13N3O3/c12-5-8-1-2-9(16-8)11-13-10(14-17-11)7-3-4-15-6-7/h3-4,6,8-9H,1-2,5,12H2. The van der Waals surface area contributed by atoms with E-state index in [1.54, 1.807) is 18.6 Å². The largest absolute Gasteiger partial charge is 0.472 e. The fourth-order valence-corrected chi connectivity index (χ4v) is 1.94. The molecule has 0 radical (unpaired) electrons. The van der Waals surface area contributed by atoms with Gasteiger partial charge < -0.3 is 19.4 Å². The first-order valence-electron chi connectivity index (χ1n) is 5.58. The molecule has 2 atom stereocenters. The van der Waals surface area contributed by atoms with Gasteiger partial charge in [-0.1, -0.05) is 5.16 Å². The Labute approximate surface area is 97.7 Å². The second-order valence-electron chi connectivity index (χ2n) is 4.03. The molecule has 0 aromatic carbocycles. The quantitative estimate of drug-likeness (QED) is 0.867. The third-order valence-corrected chi connectivity index (χ3v) is 2.87. The number of nitrogens with zero attached hydrogens (tertiary/aromatic N) is 2. The SMILES string of the molecule is NCC1CCC(c2nc(-c3ccoc3)no2)O1. The van der Waals surface area contributed by atoms with E-state index in [9.17, 15) is 0 Å². The molecule has 0 bridgehead atoms. The van der Waals surface area contributed by atoms with Gasteiger partial charge in [-0.05, 0) is 18.9 Å². The monoisotopic (exact) mass is 235 g/mol. The van der Waals surface area contributed by atoms with Crippen molar-refractivity contribution in [1.29, 1.82) is 0 Å². The minimum absolute atomic E-state index is 0.101. The smallest absolute Gasteiger partial charge is 0.256 e. The predicted octanol–water partition coefficient (Wildman–Crippen LogP) is 1.51. The molecular weight excluding hydrogens is 222 g/mol. The molecule has 17 heavy (non-hydrogen) atoms. The predicted molar refractivity (Wildman–Crippen MR) is 57.9 cm³/mol. The lowest BCUT2D eigenvalue weighted by Gasteiger charge is -2.07. The maximum Gasteiger partial charge on any atom is 0.256 e. The lowest BCUT2D eigenvalue weighted by molar-refractivity contribution is 0.0307. The molecule has 90 valence electrons. The minimum Gasteiger partial charge on any atom is -0.472 e. The molecule has 2 unspecified atom stereocenters. The molecular formula is C11H13N3O3. The van der Waals surface area contributed by atoms with Crippen molar-refractivity contribution >= 4 is 0 Å². The summed E-state index contributed by atoms with van der Waals surface area (Å²) in [6.45, 7) is 0.527. The molecule has 6 heteroatoms. The zero-order valence-corrected chi connectivity index (χ0v) is 9.20. The molecule has 3 rings (SSSR count). The van der Waals surface area contributed by atoms with Crippen LogP contribution in [0.25, 0.3) is 11.4 Å². The van der Waals surface area contributed by atoms with Gasteiger partial charge in [0.2, 0.25) is 5.82 Å². The molecule has 0 amide bonds. The zero-order chi connectivity index (χ0) is 11.7. The van der Waals surface area contributed by atoms with Crippen LogP contribution >= 0.6 is 0 Å². The van der Waals surface area contributed by atoms with Crippen molar-refractivity contribution in [2.45, 2.75) is 25.0 Å². The topological polar surface area (TPSA) is 87.3 Å². The van der Waals surface area contributed by atoms with Gasteiger partial charge in [-0.3, -0.25) is 0 Å². The van der Waals surface area contributed by atoms with Gasteiger partial charge in [-0.15, -0.1) is 0 Å². The number of hydrogen-bond acceptors (Lipinski definition) is 6. The van der Waals surface area contributed by atoms with Gasteiger partial charge in [0, 0.05) is 6.54 Å².